The van der Waals surface area contributed by atoms with Gasteiger partial charge in [-0.1, -0.05) is 6.08 Å². The first-order valence-corrected chi connectivity index (χ1v) is 8.58. The zero-order chi connectivity index (χ0) is 15.4. The van der Waals surface area contributed by atoms with Gasteiger partial charge >= 0.3 is 5.97 Å². The van der Waals surface area contributed by atoms with E-state index in [4.69, 9.17) is 0 Å². The summed E-state index contributed by atoms with van der Waals surface area (Å²) < 4.78 is 23.5. The fourth-order valence-electron chi connectivity index (χ4n) is 2.80. The Kier molecular flexibility index (Phi) is 2.96. The highest BCUT2D eigenvalue weighted by molar-refractivity contribution is 7.94. The van der Waals surface area contributed by atoms with Gasteiger partial charge in [0.05, 0.1) is 6.42 Å². The number of carboxylic acid groups (broad SMARTS) is 1. The summed E-state index contributed by atoms with van der Waals surface area (Å²) in [6.07, 6.45) is 4.26. The minimum absolute atomic E-state index is 0.146. The highest BCUT2D eigenvalue weighted by Gasteiger charge is 2.68. The van der Waals surface area contributed by atoms with Crippen LogP contribution in [0.25, 0.3) is 6.08 Å². The molecule has 2 fully saturated rings. The van der Waals surface area contributed by atoms with E-state index >= 15 is 0 Å². The van der Waals surface area contributed by atoms with Crippen LogP contribution in [-0.4, -0.2) is 51.4 Å². The van der Waals surface area contributed by atoms with Gasteiger partial charge in [-0.2, -0.15) is 0 Å². The fourth-order valence-corrected chi connectivity index (χ4v) is 5.60. The van der Waals surface area contributed by atoms with Crippen molar-refractivity contribution in [3.63, 3.8) is 0 Å². The number of β-lactam (4-membered cyclic amide) rings is 1. The number of thiazole rings is 1. The van der Waals surface area contributed by atoms with E-state index < -0.39 is 37.9 Å². The number of hydrogen-bond acceptors (Lipinski definition) is 6. The largest absolute Gasteiger partial charge is 0.480 e. The third-order valence-electron chi connectivity index (χ3n) is 3.98. The van der Waals surface area contributed by atoms with E-state index in [1.54, 1.807) is 11.6 Å². The van der Waals surface area contributed by atoms with Gasteiger partial charge in [0.1, 0.15) is 15.1 Å². The highest BCUT2D eigenvalue weighted by atomic mass is 32.2. The Labute approximate surface area is 124 Å². The molecule has 3 atom stereocenters. The first-order valence-electron chi connectivity index (χ1n) is 6.15. The topological polar surface area (TPSA) is 105 Å². The van der Waals surface area contributed by atoms with Crippen molar-refractivity contribution in [2.75, 3.05) is 0 Å². The molecule has 1 amide bonds. The monoisotopic (exact) mass is 328 g/mol. The van der Waals surface area contributed by atoms with Crippen molar-refractivity contribution in [3.8, 4) is 0 Å². The Morgan fingerprint density at radius 3 is 2.86 bits per heavy atom. The summed E-state index contributed by atoms with van der Waals surface area (Å²) >= 11 is 1.31. The summed E-state index contributed by atoms with van der Waals surface area (Å²) in [4.78, 5) is 28.1. The van der Waals surface area contributed by atoms with Gasteiger partial charge in [-0.15, -0.1) is 11.3 Å². The highest BCUT2D eigenvalue weighted by Crippen LogP contribution is 2.47. The molecule has 0 saturated carbocycles. The smallest absolute Gasteiger partial charge is 0.328 e. The van der Waals surface area contributed by atoms with Crippen LogP contribution in [0.5, 0.6) is 0 Å². The van der Waals surface area contributed by atoms with Gasteiger partial charge in [0.15, 0.2) is 15.9 Å². The molecular weight excluding hydrogens is 316 g/mol. The molecule has 21 heavy (non-hydrogen) atoms. The molecule has 1 aromatic rings. The molecule has 7 nitrogen and oxygen atoms in total. The molecule has 3 rings (SSSR count). The van der Waals surface area contributed by atoms with E-state index in [1.165, 1.54) is 30.4 Å². The predicted molar refractivity (Wildman–Crippen MR) is 75.1 cm³/mol. The second kappa shape index (κ2) is 4.38. The van der Waals surface area contributed by atoms with Crippen molar-refractivity contribution in [2.45, 2.75) is 29.5 Å². The van der Waals surface area contributed by atoms with Crippen LogP contribution in [0.2, 0.25) is 0 Å². The maximum absolute atomic E-state index is 12.6. The Hall–Kier alpha value is -1.74. The molecule has 2 aliphatic rings. The number of carbonyl (C=O) groups is 2. The van der Waals surface area contributed by atoms with Crippen molar-refractivity contribution in [2.24, 2.45) is 0 Å². The van der Waals surface area contributed by atoms with Gasteiger partial charge in [0.2, 0.25) is 5.91 Å². The number of fused-ring (bicyclic) bond motifs is 1. The normalized spacial score (nSPS) is 34.0. The van der Waals surface area contributed by atoms with Gasteiger partial charge in [-0.3, -0.25) is 4.79 Å². The molecular formula is C12H12N2O5S2. The molecule has 1 aromatic heterocycles. The average molecular weight is 328 g/mol. The third-order valence-corrected chi connectivity index (χ3v) is 7.42. The average Bonchev–Trinajstić information content (AvgIpc) is 2.95. The van der Waals surface area contributed by atoms with Crippen LogP contribution in [0, 0.1) is 0 Å². The van der Waals surface area contributed by atoms with E-state index in [9.17, 15) is 23.1 Å². The Morgan fingerprint density at radius 1 is 1.62 bits per heavy atom. The summed E-state index contributed by atoms with van der Waals surface area (Å²) in [5, 5.41) is 10.7. The maximum Gasteiger partial charge on any atom is 0.328 e. The zero-order valence-corrected chi connectivity index (χ0v) is 12.6. The van der Waals surface area contributed by atoms with Crippen molar-refractivity contribution in [1.82, 2.24) is 9.88 Å². The molecule has 0 unspecified atom stereocenters. The Morgan fingerprint density at radius 2 is 2.33 bits per heavy atom. The number of carboxylic acids is 1. The summed E-state index contributed by atoms with van der Waals surface area (Å²) in [6, 6.07) is -1.40. The molecule has 1 N–H and O–H groups in total. The molecule has 0 bridgehead atoms. The lowest BCUT2D eigenvalue weighted by Crippen LogP contribution is -2.57. The van der Waals surface area contributed by atoms with Crippen LogP contribution in [0.4, 0.5) is 0 Å². The number of nitrogens with zero attached hydrogens (tertiary/aromatic N) is 2. The molecule has 2 saturated heterocycles. The van der Waals surface area contributed by atoms with Crippen LogP contribution in [0.15, 0.2) is 17.7 Å². The van der Waals surface area contributed by atoms with Crippen LogP contribution in [0.1, 0.15) is 18.4 Å². The molecule has 3 heterocycles. The van der Waals surface area contributed by atoms with Gasteiger partial charge in [0.25, 0.3) is 0 Å². The summed E-state index contributed by atoms with van der Waals surface area (Å²) in [6.45, 7) is 1.34. The van der Waals surface area contributed by atoms with Gasteiger partial charge in [-0.05, 0) is 13.0 Å². The Bertz CT molecular complexity index is 740. The van der Waals surface area contributed by atoms with Crippen molar-refractivity contribution < 1.29 is 23.1 Å². The lowest BCUT2D eigenvalue weighted by atomic mass is 9.96. The molecule has 0 spiro atoms. The predicted octanol–water partition coefficient (Wildman–Crippen LogP) is 0.355. The number of rotatable bonds is 3. The van der Waals surface area contributed by atoms with Crippen molar-refractivity contribution in [3.05, 3.63) is 22.7 Å². The quantitative estimate of drug-likeness (QED) is 0.803. The van der Waals surface area contributed by atoms with Crippen molar-refractivity contribution in [1.29, 1.82) is 0 Å². The van der Waals surface area contributed by atoms with E-state index in [2.05, 4.69) is 4.98 Å². The van der Waals surface area contributed by atoms with Gasteiger partial charge in [-0.25, -0.2) is 18.2 Å². The van der Waals surface area contributed by atoms with Crippen LogP contribution >= 0.6 is 11.3 Å². The fraction of sp³-hybridized carbons (Fsp3) is 0.417. The van der Waals surface area contributed by atoms with E-state index in [-0.39, 0.29) is 6.42 Å². The first kappa shape index (κ1) is 14.2. The summed E-state index contributed by atoms with van der Waals surface area (Å²) in [5.41, 5.74) is 0. The lowest BCUT2D eigenvalue weighted by Gasteiger charge is -2.35. The van der Waals surface area contributed by atoms with E-state index in [0.717, 1.165) is 4.90 Å². The molecule has 9 heteroatoms. The first-order chi connectivity index (χ1) is 9.79. The summed E-state index contributed by atoms with van der Waals surface area (Å²) in [5.74, 6) is -1.76. The number of aromatic nitrogens is 1. The van der Waals surface area contributed by atoms with Gasteiger partial charge in [0, 0.05) is 11.6 Å². The van der Waals surface area contributed by atoms with E-state index in [1.807, 2.05) is 0 Å². The molecule has 112 valence electrons. The second-order valence-corrected chi connectivity index (χ2v) is 8.57. The second-order valence-electron chi connectivity index (χ2n) is 5.13. The van der Waals surface area contributed by atoms with Crippen LogP contribution in [0.3, 0.4) is 0 Å². The Balaban J connectivity index is 2.08. The van der Waals surface area contributed by atoms with Crippen LogP contribution in [-0.2, 0) is 19.4 Å². The molecule has 0 radical (unpaired) electrons. The number of carbonyl (C=O) groups excluding carboxylic acids is 1. The standard InChI is InChI=1S/C12H12N2O5S2/c1-12(3-2-7-13-4-5-20-7)10(11(16)17)14-8(15)6-9(14)21(12,18)19/h2-5,9-10H,6H2,1H3,(H,16,17)/t9-,10+,12+/m1/s1. The van der Waals surface area contributed by atoms with Gasteiger partial charge < -0.3 is 10.0 Å². The number of sulfone groups is 1. The zero-order valence-electron chi connectivity index (χ0n) is 11.0. The number of amides is 1. The number of hydrogen-bond donors (Lipinski definition) is 1. The van der Waals surface area contributed by atoms with Crippen molar-refractivity contribution >= 4 is 39.1 Å². The minimum atomic E-state index is -3.79. The van der Waals surface area contributed by atoms with Crippen LogP contribution < -0.4 is 0 Å². The van der Waals surface area contributed by atoms with E-state index in [0.29, 0.717) is 5.01 Å². The minimum Gasteiger partial charge on any atom is -0.480 e. The summed E-state index contributed by atoms with van der Waals surface area (Å²) in [7, 11) is -3.79. The molecule has 0 aliphatic carbocycles. The molecule has 0 aromatic carbocycles. The number of aliphatic carboxylic acids is 1. The SMILES string of the molecule is C[C@]1(C=Cc2nccs2)[C@H](C(=O)O)N2C(=O)C[C@H]2S1(=O)=O. The maximum atomic E-state index is 12.6. The third kappa shape index (κ3) is 1.77. The lowest BCUT2D eigenvalue weighted by molar-refractivity contribution is -0.157. The molecule has 2 aliphatic heterocycles.